The van der Waals surface area contributed by atoms with Gasteiger partial charge in [-0.3, -0.25) is 8.80 Å². The molecule has 4 aromatic heterocycles. The molecule has 2 aliphatic heterocycles. The first kappa shape index (κ1) is 48.2. The van der Waals surface area contributed by atoms with Crippen molar-refractivity contribution in [1.82, 2.24) is 38.4 Å². The smallest absolute Gasteiger partial charge is 0.211 e. The Morgan fingerprint density at radius 1 is 0.682 bits per heavy atom. The predicted octanol–water partition coefficient (Wildman–Crippen LogP) is 12.3. The number of piperidine rings is 2. The number of nitrogens with zero attached hydrogens (tertiary/aromatic N) is 9. The fraction of sp³-hybridized carbons (Fsp3) is 0.500. The summed E-state index contributed by atoms with van der Waals surface area (Å²) in [5, 5.41) is 5.77. The zero-order valence-electron chi connectivity index (χ0n) is 38.2. The van der Waals surface area contributed by atoms with E-state index in [2.05, 4.69) is 73.1 Å². The maximum Gasteiger partial charge on any atom is 0.211 e. The number of hydrogen-bond donors (Lipinski definition) is 1. The van der Waals surface area contributed by atoms with E-state index in [4.69, 9.17) is 56.4 Å². The molecular formula is C48H58Cl4N10OS3. The van der Waals surface area contributed by atoms with Crippen LogP contribution in [0.2, 0.25) is 20.1 Å². The van der Waals surface area contributed by atoms with Crippen molar-refractivity contribution in [1.29, 1.82) is 0 Å². The van der Waals surface area contributed by atoms with Crippen LogP contribution < -0.4 is 15.1 Å². The summed E-state index contributed by atoms with van der Waals surface area (Å²) in [5.41, 5.74) is 2.44. The second kappa shape index (κ2) is 19.9. The number of halogens is 4. The lowest BCUT2D eigenvalue weighted by Gasteiger charge is -2.46. The molecule has 2 saturated carbocycles. The molecule has 2 saturated heterocycles. The van der Waals surface area contributed by atoms with E-state index >= 15 is 0 Å². The van der Waals surface area contributed by atoms with Crippen molar-refractivity contribution in [2.75, 3.05) is 50.1 Å². The molecule has 66 heavy (non-hydrogen) atoms. The van der Waals surface area contributed by atoms with Crippen LogP contribution in [0.15, 0.2) is 93.2 Å². The number of fused-ring (bicyclic) bond motifs is 2. The minimum Gasteiger partial charge on any atom is -0.342 e. The number of anilines is 2. The molecule has 4 fully saturated rings. The van der Waals surface area contributed by atoms with Crippen LogP contribution in [0.1, 0.15) is 85.0 Å². The van der Waals surface area contributed by atoms with Gasteiger partial charge in [-0.05, 0) is 114 Å². The molecule has 2 aliphatic carbocycles. The van der Waals surface area contributed by atoms with Crippen LogP contribution >= 0.6 is 69.9 Å². The normalized spacial score (nSPS) is 21.1. The number of hydrogen-bond acceptors (Lipinski definition) is 10. The van der Waals surface area contributed by atoms with Crippen LogP contribution in [-0.2, 0) is 11.0 Å². The summed E-state index contributed by atoms with van der Waals surface area (Å²) in [6.45, 7) is 10.1. The minimum atomic E-state index is -1.01. The quantitative estimate of drug-likeness (QED) is 0.151. The highest BCUT2D eigenvalue weighted by molar-refractivity contribution is 8.00. The lowest BCUT2D eigenvalue weighted by Crippen LogP contribution is -2.52. The molecule has 18 heteroatoms. The first-order valence-electron chi connectivity index (χ1n) is 22.9. The topological polar surface area (TPSA) is 99.2 Å². The van der Waals surface area contributed by atoms with Crippen LogP contribution in [0.25, 0.3) is 11.3 Å². The van der Waals surface area contributed by atoms with Gasteiger partial charge in [0.05, 0.1) is 45.6 Å². The van der Waals surface area contributed by atoms with Crippen LogP contribution in [0, 0.1) is 10.8 Å². The Morgan fingerprint density at radius 3 is 1.64 bits per heavy atom. The van der Waals surface area contributed by atoms with Crippen molar-refractivity contribution in [2.45, 2.75) is 121 Å². The van der Waals surface area contributed by atoms with E-state index in [9.17, 15) is 4.21 Å². The van der Waals surface area contributed by atoms with Gasteiger partial charge in [0.2, 0.25) is 11.9 Å². The summed E-state index contributed by atoms with van der Waals surface area (Å²) in [4.78, 5) is 27.4. The van der Waals surface area contributed by atoms with Crippen LogP contribution in [0.4, 0.5) is 11.9 Å². The van der Waals surface area contributed by atoms with Gasteiger partial charge in [-0.15, -0.1) is 0 Å². The summed E-state index contributed by atoms with van der Waals surface area (Å²) >= 11 is 28.3. The molecule has 0 radical (unpaired) electrons. The maximum atomic E-state index is 13.2. The van der Waals surface area contributed by atoms with Gasteiger partial charge in [0.15, 0.2) is 11.3 Å². The van der Waals surface area contributed by atoms with E-state index in [1.807, 2.05) is 61.4 Å². The average molecular weight is 1030 g/mol. The highest BCUT2D eigenvalue weighted by Gasteiger charge is 2.49. The minimum absolute atomic E-state index is 0.222. The van der Waals surface area contributed by atoms with Gasteiger partial charge in [0, 0.05) is 92.3 Å². The standard InChI is InChI=1S/C26H33Cl2N5OS2.C22H25Cl2N5S/c1-25(2,3)36(34)31(4)21-9-6-10-26(21)11-14-32(15-12-26)24-30-17-20(23-29-13-16-33(23)24)35-19-8-5-7-18(27)22(19)28;1-25-18-6-3-7-22(18)8-11-28(12-9-22)21-27-14-17(20-26-10-13-29(20)21)30-16-5-2-4-15(23)19(16)24/h5,7-8,13,16-17,21H,6,9-12,14-15H2,1-4H3;2,4-5,10,13-14,18,25H,3,6-9,11-12H2,1H3/t21-,36+;18-/m11/s1. The second-order valence-corrected chi connectivity index (χ2v) is 25.2. The number of imidazole rings is 2. The first-order valence-corrected chi connectivity index (χ1v) is 27.2. The largest absolute Gasteiger partial charge is 0.342 e. The van der Waals surface area contributed by atoms with Crippen molar-refractivity contribution in [3.05, 3.63) is 93.7 Å². The maximum absolute atomic E-state index is 13.2. The molecule has 2 aromatic carbocycles. The third-order valence-corrected chi connectivity index (χ3v) is 20.3. The molecular weight excluding hydrogens is 971 g/mol. The SMILES string of the molecule is CN([C@@H]1CCCC12CCN(c1ncc(Sc3cccc(Cl)c3Cl)c3nccn13)CC2)[S@@](=O)C(C)(C)C.CN[C@@H]1CCCC12CCN(c1ncc(Sc3cccc(Cl)c3Cl)c3nccn13)CC2. The highest BCUT2D eigenvalue weighted by Crippen LogP contribution is 2.50. The van der Waals surface area contributed by atoms with Crippen LogP contribution in [-0.4, -0.2) is 94.4 Å². The Labute approximate surface area is 419 Å². The predicted molar refractivity (Wildman–Crippen MR) is 275 cm³/mol. The lowest BCUT2D eigenvalue weighted by atomic mass is 9.74. The summed E-state index contributed by atoms with van der Waals surface area (Å²) in [6, 6.07) is 12.3. The van der Waals surface area contributed by atoms with E-state index in [1.54, 1.807) is 23.9 Å². The molecule has 11 nitrogen and oxygen atoms in total. The van der Waals surface area contributed by atoms with E-state index in [0.717, 1.165) is 88.2 Å². The summed E-state index contributed by atoms with van der Waals surface area (Å²) in [5.74, 6) is 1.89. The van der Waals surface area contributed by atoms with Gasteiger partial charge < -0.3 is 15.1 Å². The zero-order valence-corrected chi connectivity index (χ0v) is 43.6. The number of rotatable bonds is 9. The Hall–Kier alpha value is -2.79. The Bertz CT molecular complexity index is 2710. The fourth-order valence-electron chi connectivity index (χ4n) is 11.1. The van der Waals surface area contributed by atoms with Gasteiger partial charge in [-0.1, -0.05) is 94.9 Å². The van der Waals surface area contributed by atoms with E-state index in [1.165, 1.54) is 56.7 Å². The molecule has 0 unspecified atom stereocenters. The zero-order chi connectivity index (χ0) is 46.4. The third kappa shape index (κ3) is 9.45. The summed E-state index contributed by atoms with van der Waals surface area (Å²) < 4.78 is 19.3. The molecule has 6 heterocycles. The molecule has 6 aromatic rings. The highest BCUT2D eigenvalue weighted by atomic mass is 35.5. The monoisotopic (exact) mass is 1030 g/mol. The van der Waals surface area contributed by atoms with Crippen molar-refractivity contribution >= 4 is 104 Å². The first-order chi connectivity index (χ1) is 31.7. The van der Waals surface area contributed by atoms with Gasteiger partial charge in [-0.2, -0.15) is 0 Å². The van der Waals surface area contributed by atoms with Gasteiger partial charge in [-0.25, -0.2) is 28.5 Å². The second-order valence-electron chi connectivity index (χ2n) is 19.1. The summed E-state index contributed by atoms with van der Waals surface area (Å²) in [6.07, 6.45) is 23.5. The third-order valence-electron chi connectivity index (χ3n) is 14.4. The number of aromatic nitrogens is 6. The molecule has 352 valence electrons. The fourth-order valence-corrected chi connectivity index (χ4v) is 15.3. The molecule has 1 N–H and O–H groups in total. The van der Waals surface area contributed by atoms with E-state index < -0.39 is 11.0 Å². The number of benzene rings is 2. The lowest BCUT2D eigenvalue weighted by molar-refractivity contribution is 0.134. The van der Waals surface area contributed by atoms with E-state index in [-0.39, 0.29) is 10.2 Å². The van der Waals surface area contributed by atoms with Crippen molar-refractivity contribution in [3.63, 3.8) is 0 Å². The van der Waals surface area contributed by atoms with Crippen LogP contribution in [0.5, 0.6) is 0 Å². The Kier molecular flexibility index (Phi) is 14.5. The molecule has 3 atom stereocenters. The van der Waals surface area contributed by atoms with Crippen molar-refractivity contribution in [3.8, 4) is 0 Å². The molecule has 0 amide bonds. The Balaban J connectivity index is 0.000000169. The average Bonchev–Trinajstić information content (AvgIpc) is 4.15. The summed E-state index contributed by atoms with van der Waals surface area (Å²) in [7, 11) is 3.17. The van der Waals surface area contributed by atoms with Gasteiger partial charge >= 0.3 is 0 Å². The van der Waals surface area contributed by atoms with Crippen molar-refractivity contribution < 1.29 is 4.21 Å². The molecule has 0 bridgehead atoms. The Morgan fingerprint density at radius 2 is 1.15 bits per heavy atom. The van der Waals surface area contributed by atoms with Gasteiger partial charge in [0.25, 0.3) is 0 Å². The number of nitrogens with one attached hydrogen (secondary N) is 1. The van der Waals surface area contributed by atoms with Crippen molar-refractivity contribution in [2.24, 2.45) is 10.8 Å². The molecule has 4 aliphatic rings. The molecule has 10 rings (SSSR count). The van der Waals surface area contributed by atoms with Gasteiger partial charge in [0.1, 0.15) is 0 Å². The van der Waals surface area contributed by atoms with E-state index in [0.29, 0.717) is 37.6 Å². The van der Waals surface area contributed by atoms with Crippen LogP contribution in [0.3, 0.4) is 0 Å². The molecule has 2 spiro atoms.